The first kappa shape index (κ1) is 14.4. The van der Waals surface area contributed by atoms with E-state index in [0.717, 1.165) is 16.1 Å². The van der Waals surface area contributed by atoms with Crippen LogP contribution in [-0.4, -0.2) is 19.2 Å². The van der Waals surface area contributed by atoms with Crippen molar-refractivity contribution >= 4 is 28.9 Å². The number of benzene rings is 2. The van der Waals surface area contributed by atoms with Gasteiger partial charge in [0.05, 0.1) is 5.69 Å². The molecule has 0 heterocycles. The van der Waals surface area contributed by atoms with Crippen LogP contribution < -0.4 is 4.90 Å². The fourth-order valence-electron chi connectivity index (χ4n) is 1.98. The molecule has 102 valence electrons. The Kier molecular flexibility index (Phi) is 4.64. The monoisotopic (exact) mass is 283 g/mol. The summed E-state index contributed by atoms with van der Waals surface area (Å²) < 4.78 is 0. The summed E-state index contributed by atoms with van der Waals surface area (Å²) in [6.07, 6.45) is 2.00. The van der Waals surface area contributed by atoms with Crippen LogP contribution in [-0.2, 0) is 4.79 Å². The van der Waals surface area contributed by atoms with Crippen molar-refractivity contribution in [2.24, 2.45) is 0 Å². The average molecular weight is 283 g/mol. The van der Waals surface area contributed by atoms with E-state index in [-0.39, 0.29) is 5.91 Å². The number of hydrogen-bond acceptors (Lipinski definition) is 2. The maximum atomic E-state index is 12.5. The summed E-state index contributed by atoms with van der Waals surface area (Å²) in [6.45, 7) is 3.93. The Morgan fingerprint density at radius 1 is 1.05 bits per heavy atom. The zero-order valence-corrected chi connectivity index (χ0v) is 12.5. The highest BCUT2D eigenvalue weighted by Crippen LogP contribution is 2.29. The molecule has 0 saturated heterocycles. The zero-order valence-electron chi connectivity index (χ0n) is 11.7. The van der Waals surface area contributed by atoms with Crippen molar-refractivity contribution in [2.75, 3.05) is 18.2 Å². The van der Waals surface area contributed by atoms with E-state index < -0.39 is 0 Å². The minimum Gasteiger partial charge on any atom is -0.310 e. The molecule has 0 aliphatic heterocycles. The number of carbonyl (C=O) groups is 1. The van der Waals surface area contributed by atoms with Crippen molar-refractivity contribution in [2.45, 2.75) is 4.90 Å². The lowest BCUT2D eigenvalue weighted by atomic mass is 10.1. The minimum atomic E-state index is -0.0855. The van der Waals surface area contributed by atoms with Crippen LogP contribution in [0.4, 0.5) is 5.69 Å². The standard InChI is InChI=1S/C17H17NOS/c1-13(14-9-5-4-6-10-14)17(19)18(2)15-11-7-8-12-16(15)20-3/h4-12H,1H2,2-3H3. The molecule has 0 atom stereocenters. The molecule has 3 heteroatoms. The van der Waals surface area contributed by atoms with Crippen LogP contribution >= 0.6 is 11.8 Å². The number of para-hydroxylation sites is 1. The Labute approximate surface area is 124 Å². The second kappa shape index (κ2) is 6.44. The van der Waals surface area contributed by atoms with Gasteiger partial charge in [0.25, 0.3) is 5.91 Å². The predicted molar refractivity (Wildman–Crippen MR) is 87.1 cm³/mol. The molecule has 0 radical (unpaired) electrons. The fraction of sp³-hybridized carbons (Fsp3) is 0.118. The predicted octanol–water partition coefficient (Wildman–Crippen LogP) is 4.08. The number of thioether (sulfide) groups is 1. The molecule has 2 nitrogen and oxygen atoms in total. The molecule has 0 aromatic heterocycles. The molecule has 2 rings (SSSR count). The second-order valence-electron chi connectivity index (χ2n) is 4.38. The molecule has 2 aromatic carbocycles. The number of nitrogens with zero attached hydrogens (tertiary/aromatic N) is 1. The van der Waals surface area contributed by atoms with Crippen molar-refractivity contribution in [1.82, 2.24) is 0 Å². The van der Waals surface area contributed by atoms with Crippen LogP contribution in [0.15, 0.2) is 66.1 Å². The molecule has 0 aliphatic carbocycles. The smallest absolute Gasteiger partial charge is 0.258 e. The van der Waals surface area contributed by atoms with Crippen molar-refractivity contribution in [3.63, 3.8) is 0 Å². The number of rotatable bonds is 4. The van der Waals surface area contributed by atoms with Gasteiger partial charge in [0.2, 0.25) is 0 Å². The normalized spacial score (nSPS) is 10.1. The first-order chi connectivity index (χ1) is 9.65. The summed E-state index contributed by atoms with van der Waals surface area (Å²) in [4.78, 5) is 15.3. The molecule has 0 N–H and O–H groups in total. The third-order valence-corrected chi connectivity index (χ3v) is 3.92. The molecule has 0 fully saturated rings. The zero-order chi connectivity index (χ0) is 14.5. The molecule has 0 bridgehead atoms. The summed E-state index contributed by atoms with van der Waals surface area (Å²) in [5.41, 5.74) is 2.26. The van der Waals surface area contributed by atoms with Gasteiger partial charge in [-0.1, -0.05) is 49.0 Å². The topological polar surface area (TPSA) is 20.3 Å². The van der Waals surface area contributed by atoms with Gasteiger partial charge in [-0.25, -0.2) is 0 Å². The van der Waals surface area contributed by atoms with Gasteiger partial charge in [0, 0.05) is 17.5 Å². The molecule has 1 amide bonds. The van der Waals surface area contributed by atoms with Crippen LogP contribution in [0.5, 0.6) is 0 Å². The van der Waals surface area contributed by atoms with Crippen molar-refractivity contribution in [1.29, 1.82) is 0 Å². The van der Waals surface area contributed by atoms with E-state index in [9.17, 15) is 4.79 Å². The van der Waals surface area contributed by atoms with Crippen LogP contribution in [0.2, 0.25) is 0 Å². The third-order valence-electron chi connectivity index (χ3n) is 3.13. The molecular weight excluding hydrogens is 266 g/mol. The maximum Gasteiger partial charge on any atom is 0.258 e. The van der Waals surface area contributed by atoms with E-state index in [1.807, 2.05) is 60.9 Å². The van der Waals surface area contributed by atoms with Crippen molar-refractivity contribution in [3.8, 4) is 0 Å². The maximum absolute atomic E-state index is 12.5. The van der Waals surface area contributed by atoms with Crippen molar-refractivity contribution < 1.29 is 4.79 Å². The molecular formula is C17H17NOS. The highest BCUT2D eigenvalue weighted by molar-refractivity contribution is 7.98. The van der Waals surface area contributed by atoms with Gasteiger partial charge in [-0.15, -0.1) is 11.8 Å². The summed E-state index contributed by atoms with van der Waals surface area (Å²) >= 11 is 1.63. The molecule has 0 saturated carbocycles. The largest absolute Gasteiger partial charge is 0.310 e. The van der Waals surface area contributed by atoms with E-state index in [4.69, 9.17) is 0 Å². The highest BCUT2D eigenvalue weighted by Gasteiger charge is 2.17. The number of likely N-dealkylation sites (N-methyl/N-ethyl adjacent to an activating group) is 1. The summed E-state index contributed by atoms with van der Waals surface area (Å²) in [7, 11) is 1.78. The van der Waals surface area contributed by atoms with E-state index in [1.54, 1.807) is 23.7 Å². The molecule has 0 unspecified atom stereocenters. The van der Waals surface area contributed by atoms with Crippen LogP contribution in [0, 0.1) is 0 Å². The van der Waals surface area contributed by atoms with Crippen LogP contribution in [0.1, 0.15) is 5.56 Å². The van der Waals surface area contributed by atoms with Gasteiger partial charge in [-0.05, 0) is 24.0 Å². The quantitative estimate of drug-likeness (QED) is 0.622. The highest BCUT2D eigenvalue weighted by atomic mass is 32.2. The van der Waals surface area contributed by atoms with Gasteiger partial charge in [0.1, 0.15) is 0 Å². The van der Waals surface area contributed by atoms with E-state index in [2.05, 4.69) is 6.58 Å². The summed E-state index contributed by atoms with van der Waals surface area (Å²) in [5.74, 6) is -0.0855. The number of anilines is 1. The SMILES string of the molecule is C=C(C(=O)N(C)c1ccccc1SC)c1ccccc1. The Balaban J connectivity index is 2.27. The van der Waals surface area contributed by atoms with Gasteiger partial charge in [-0.2, -0.15) is 0 Å². The Hall–Kier alpha value is -2.00. The third kappa shape index (κ3) is 2.94. The Morgan fingerprint density at radius 3 is 2.30 bits per heavy atom. The van der Waals surface area contributed by atoms with Crippen LogP contribution in [0.3, 0.4) is 0 Å². The first-order valence-electron chi connectivity index (χ1n) is 6.30. The lowest BCUT2D eigenvalue weighted by Gasteiger charge is -2.21. The van der Waals surface area contributed by atoms with Crippen molar-refractivity contribution in [3.05, 3.63) is 66.7 Å². The number of hydrogen-bond donors (Lipinski definition) is 0. The van der Waals surface area contributed by atoms with Gasteiger partial charge in [0.15, 0.2) is 0 Å². The van der Waals surface area contributed by atoms with E-state index >= 15 is 0 Å². The van der Waals surface area contributed by atoms with Gasteiger partial charge in [-0.3, -0.25) is 4.79 Å². The molecule has 0 spiro atoms. The van der Waals surface area contributed by atoms with Gasteiger partial charge < -0.3 is 4.90 Å². The van der Waals surface area contributed by atoms with E-state index in [1.165, 1.54) is 0 Å². The Bertz CT molecular complexity index is 622. The lowest BCUT2D eigenvalue weighted by molar-refractivity contribution is -0.113. The van der Waals surface area contributed by atoms with Crippen LogP contribution in [0.25, 0.3) is 5.57 Å². The molecule has 0 aliphatic rings. The van der Waals surface area contributed by atoms with Gasteiger partial charge >= 0.3 is 0 Å². The number of amides is 1. The summed E-state index contributed by atoms with van der Waals surface area (Å²) in [5, 5.41) is 0. The summed E-state index contributed by atoms with van der Waals surface area (Å²) in [6, 6.07) is 17.4. The first-order valence-corrected chi connectivity index (χ1v) is 7.53. The lowest BCUT2D eigenvalue weighted by Crippen LogP contribution is -2.27. The average Bonchev–Trinajstić information content (AvgIpc) is 2.53. The molecule has 20 heavy (non-hydrogen) atoms. The second-order valence-corrected chi connectivity index (χ2v) is 5.23. The minimum absolute atomic E-state index is 0.0855. The van der Waals surface area contributed by atoms with E-state index in [0.29, 0.717) is 5.57 Å². The molecule has 2 aromatic rings. The number of carbonyl (C=O) groups excluding carboxylic acids is 1. The fourth-order valence-corrected chi connectivity index (χ4v) is 2.61. The Morgan fingerprint density at radius 2 is 1.65 bits per heavy atom.